The molecule has 0 amide bonds. The van der Waals surface area contributed by atoms with Gasteiger partial charge in [0, 0.05) is 17.4 Å². The van der Waals surface area contributed by atoms with Crippen molar-refractivity contribution in [2.24, 2.45) is 11.7 Å². The summed E-state index contributed by atoms with van der Waals surface area (Å²) < 4.78 is 5.38. The molecule has 1 unspecified atom stereocenters. The van der Waals surface area contributed by atoms with E-state index >= 15 is 0 Å². The maximum absolute atomic E-state index is 5.90. The molecule has 0 bridgehead atoms. The lowest BCUT2D eigenvalue weighted by Crippen LogP contribution is -2.06. The second-order valence-corrected chi connectivity index (χ2v) is 5.80. The number of rotatable bonds is 6. The molecule has 0 aliphatic carbocycles. The molecule has 0 fully saturated rings. The third-order valence-corrected chi connectivity index (χ3v) is 3.96. The molecule has 1 aromatic rings. The van der Waals surface area contributed by atoms with Crippen LogP contribution in [-0.4, -0.2) is 12.9 Å². The topological polar surface area (TPSA) is 35.2 Å². The first-order chi connectivity index (χ1) is 8.04. The minimum absolute atomic E-state index is 0.0785. The van der Waals surface area contributed by atoms with Gasteiger partial charge in [0.05, 0.1) is 7.11 Å². The van der Waals surface area contributed by atoms with Crippen molar-refractivity contribution in [3.8, 4) is 5.75 Å². The summed E-state index contributed by atoms with van der Waals surface area (Å²) in [7, 11) is 1.72. The van der Waals surface area contributed by atoms with Crippen LogP contribution in [0.1, 0.15) is 37.9 Å². The Bertz CT molecular complexity index is 350. The highest BCUT2D eigenvalue weighted by Crippen LogP contribution is 2.27. The number of methoxy groups -OCH3 is 1. The van der Waals surface area contributed by atoms with Crippen LogP contribution in [0, 0.1) is 5.92 Å². The molecular weight excluding hydrogens is 230 g/mol. The average Bonchev–Trinajstić information content (AvgIpc) is 2.28. The van der Waals surface area contributed by atoms with Gasteiger partial charge in [-0.15, -0.1) is 0 Å². The maximum Gasteiger partial charge on any atom is 0.122 e. The fraction of sp³-hybridized carbons (Fsp3) is 0.571. The zero-order valence-electron chi connectivity index (χ0n) is 11.2. The first kappa shape index (κ1) is 14.4. The van der Waals surface area contributed by atoms with Gasteiger partial charge >= 0.3 is 0 Å². The zero-order valence-corrected chi connectivity index (χ0v) is 12.0. The fourth-order valence-electron chi connectivity index (χ4n) is 1.60. The van der Waals surface area contributed by atoms with Gasteiger partial charge in [-0.3, -0.25) is 0 Å². The number of thioether (sulfide) groups is 1. The van der Waals surface area contributed by atoms with E-state index in [0.717, 1.165) is 17.4 Å². The molecule has 1 rings (SSSR count). The number of hydrogen-bond acceptors (Lipinski definition) is 3. The Morgan fingerprint density at radius 3 is 2.53 bits per heavy atom. The van der Waals surface area contributed by atoms with Crippen LogP contribution in [0.15, 0.2) is 18.2 Å². The highest BCUT2D eigenvalue weighted by molar-refractivity contribution is 7.98. The van der Waals surface area contributed by atoms with E-state index in [0.29, 0.717) is 0 Å². The molecule has 0 saturated heterocycles. The molecular formula is C14H23NOS. The Morgan fingerprint density at radius 2 is 2.00 bits per heavy atom. The summed E-state index contributed by atoms with van der Waals surface area (Å²) in [5, 5.41) is 0. The Hall–Kier alpha value is -0.670. The number of ether oxygens (including phenoxy) is 1. The number of benzene rings is 1. The smallest absolute Gasteiger partial charge is 0.122 e. The second-order valence-electron chi connectivity index (χ2n) is 4.77. The normalized spacial score (nSPS) is 12.8. The molecule has 0 aliphatic rings. The molecule has 1 atom stereocenters. The van der Waals surface area contributed by atoms with Crippen LogP contribution >= 0.6 is 11.8 Å². The molecule has 2 N–H and O–H groups in total. The van der Waals surface area contributed by atoms with Crippen molar-refractivity contribution in [2.75, 3.05) is 12.9 Å². The lowest BCUT2D eigenvalue weighted by molar-refractivity contribution is 0.411. The van der Waals surface area contributed by atoms with Gasteiger partial charge in [0.2, 0.25) is 0 Å². The molecule has 0 saturated carbocycles. The van der Waals surface area contributed by atoms with Gasteiger partial charge in [-0.1, -0.05) is 19.9 Å². The lowest BCUT2D eigenvalue weighted by atomic mass is 10.1. The van der Waals surface area contributed by atoms with Gasteiger partial charge in [-0.05, 0) is 36.3 Å². The largest absolute Gasteiger partial charge is 0.496 e. The maximum atomic E-state index is 5.90. The summed E-state index contributed by atoms with van der Waals surface area (Å²) in [4.78, 5) is 0. The summed E-state index contributed by atoms with van der Waals surface area (Å²) in [6.45, 7) is 6.48. The van der Waals surface area contributed by atoms with Crippen LogP contribution < -0.4 is 10.5 Å². The van der Waals surface area contributed by atoms with E-state index in [1.54, 1.807) is 7.11 Å². The summed E-state index contributed by atoms with van der Waals surface area (Å²) in [6, 6.07) is 6.30. The molecule has 2 nitrogen and oxygen atoms in total. The third-order valence-electron chi connectivity index (χ3n) is 2.54. The minimum Gasteiger partial charge on any atom is -0.496 e. The molecule has 0 aliphatic heterocycles. The van der Waals surface area contributed by atoms with E-state index in [2.05, 4.69) is 19.9 Å². The summed E-state index contributed by atoms with van der Waals surface area (Å²) >= 11 is 1.94. The predicted octanol–water partition coefficient (Wildman–Crippen LogP) is 3.60. The SMILES string of the molecule is COc1ccc(C(C)N)cc1CSCC(C)C. The summed E-state index contributed by atoms with van der Waals surface area (Å²) in [5.74, 6) is 3.85. The molecule has 0 spiro atoms. The van der Waals surface area contributed by atoms with Gasteiger partial charge in [-0.25, -0.2) is 0 Å². The first-order valence-electron chi connectivity index (χ1n) is 6.04. The van der Waals surface area contributed by atoms with Gasteiger partial charge in [0.1, 0.15) is 5.75 Å². The second kappa shape index (κ2) is 6.92. The van der Waals surface area contributed by atoms with Gasteiger partial charge < -0.3 is 10.5 Å². The first-order valence-corrected chi connectivity index (χ1v) is 7.20. The van der Waals surface area contributed by atoms with Crippen molar-refractivity contribution in [3.05, 3.63) is 29.3 Å². The van der Waals surface area contributed by atoms with E-state index in [1.165, 1.54) is 16.9 Å². The van der Waals surface area contributed by atoms with Gasteiger partial charge in [0.25, 0.3) is 0 Å². The molecule has 96 valence electrons. The van der Waals surface area contributed by atoms with Crippen LogP contribution in [0.4, 0.5) is 0 Å². The molecule has 3 heteroatoms. The molecule has 0 aromatic heterocycles. The van der Waals surface area contributed by atoms with E-state index in [1.807, 2.05) is 30.8 Å². The predicted molar refractivity (Wildman–Crippen MR) is 76.6 cm³/mol. The lowest BCUT2D eigenvalue weighted by Gasteiger charge is -2.13. The van der Waals surface area contributed by atoms with E-state index in [-0.39, 0.29) is 6.04 Å². The fourth-order valence-corrected chi connectivity index (χ4v) is 2.63. The van der Waals surface area contributed by atoms with Crippen molar-refractivity contribution < 1.29 is 4.74 Å². The molecule has 1 aromatic carbocycles. The van der Waals surface area contributed by atoms with E-state index < -0.39 is 0 Å². The van der Waals surface area contributed by atoms with E-state index in [9.17, 15) is 0 Å². The monoisotopic (exact) mass is 253 g/mol. The van der Waals surface area contributed by atoms with Crippen LogP contribution in [-0.2, 0) is 5.75 Å². The summed E-state index contributed by atoms with van der Waals surface area (Å²) in [6.07, 6.45) is 0. The van der Waals surface area contributed by atoms with Crippen LogP contribution in [0.25, 0.3) is 0 Å². The Morgan fingerprint density at radius 1 is 1.29 bits per heavy atom. The molecule has 17 heavy (non-hydrogen) atoms. The molecule has 0 radical (unpaired) electrons. The van der Waals surface area contributed by atoms with Crippen LogP contribution in [0.2, 0.25) is 0 Å². The quantitative estimate of drug-likeness (QED) is 0.841. The minimum atomic E-state index is 0.0785. The van der Waals surface area contributed by atoms with Crippen LogP contribution in [0.3, 0.4) is 0 Å². The Labute approximate surface area is 109 Å². The highest BCUT2D eigenvalue weighted by atomic mass is 32.2. The van der Waals surface area contributed by atoms with Crippen molar-refractivity contribution in [2.45, 2.75) is 32.6 Å². The average molecular weight is 253 g/mol. The highest BCUT2D eigenvalue weighted by Gasteiger charge is 2.07. The van der Waals surface area contributed by atoms with Gasteiger partial charge in [-0.2, -0.15) is 11.8 Å². The number of hydrogen-bond donors (Lipinski definition) is 1. The van der Waals surface area contributed by atoms with Crippen molar-refractivity contribution in [1.82, 2.24) is 0 Å². The van der Waals surface area contributed by atoms with Crippen LogP contribution in [0.5, 0.6) is 5.75 Å². The standard InChI is InChI=1S/C14H23NOS/c1-10(2)8-17-9-13-7-12(11(3)15)5-6-14(13)16-4/h5-7,10-11H,8-9,15H2,1-4H3. The third kappa shape index (κ3) is 4.60. The zero-order chi connectivity index (χ0) is 12.8. The Kier molecular flexibility index (Phi) is 5.86. The van der Waals surface area contributed by atoms with E-state index in [4.69, 9.17) is 10.5 Å². The molecule has 0 heterocycles. The number of nitrogens with two attached hydrogens (primary N) is 1. The summed E-state index contributed by atoms with van der Waals surface area (Å²) in [5.41, 5.74) is 8.32. The van der Waals surface area contributed by atoms with Crippen molar-refractivity contribution in [1.29, 1.82) is 0 Å². The van der Waals surface area contributed by atoms with Crippen molar-refractivity contribution in [3.63, 3.8) is 0 Å². The Balaban J connectivity index is 2.75. The van der Waals surface area contributed by atoms with Gasteiger partial charge in [0.15, 0.2) is 0 Å². The van der Waals surface area contributed by atoms with Crippen molar-refractivity contribution >= 4 is 11.8 Å².